The van der Waals surface area contributed by atoms with Crippen molar-refractivity contribution in [1.29, 1.82) is 0 Å². The molecule has 72 valence electrons. The van der Waals surface area contributed by atoms with Crippen molar-refractivity contribution in [3.63, 3.8) is 0 Å². The number of aromatic amines is 1. The van der Waals surface area contributed by atoms with Gasteiger partial charge in [-0.15, -0.1) is 11.3 Å². The largest absolute Gasteiger partial charge is 0.362 e. The summed E-state index contributed by atoms with van der Waals surface area (Å²) in [5.74, 6) is -0.441. The number of nitrogens with one attached hydrogen (secondary N) is 2. The molecule has 2 rings (SSSR count). The highest BCUT2D eigenvalue weighted by atomic mass is 32.1. The third kappa shape index (κ3) is 1.55. The Hall–Kier alpha value is -1.96. The van der Waals surface area contributed by atoms with E-state index in [-0.39, 0.29) is 5.01 Å². The quantitative estimate of drug-likeness (QED) is 0.694. The van der Waals surface area contributed by atoms with E-state index >= 15 is 0 Å². The SMILES string of the molecule is O=C(Nn1cn[nH]c1=O)c1nccs1. The van der Waals surface area contributed by atoms with Gasteiger partial charge in [-0.1, -0.05) is 0 Å². The first-order valence-corrected chi connectivity index (χ1v) is 4.48. The van der Waals surface area contributed by atoms with E-state index < -0.39 is 11.6 Å². The minimum atomic E-state index is -0.505. The lowest BCUT2D eigenvalue weighted by molar-refractivity contribution is 0.101. The zero-order chi connectivity index (χ0) is 9.97. The van der Waals surface area contributed by atoms with Crippen molar-refractivity contribution in [1.82, 2.24) is 19.9 Å². The molecule has 0 aromatic carbocycles. The molecule has 0 aliphatic heterocycles. The monoisotopic (exact) mass is 211 g/mol. The van der Waals surface area contributed by atoms with E-state index in [1.165, 1.54) is 23.9 Å². The molecule has 0 aliphatic rings. The Bertz CT molecular complexity index is 484. The number of carbonyl (C=O) groups excluding carboxylic acids is 1. The minimum Gasteiger partial charge on any atom is -0.265 e. The Labute approximate surface area is 81.4 Å². The van der Waals surface area contributed by atoms with Crippen LogP contribution in [0.2, 0.25) is 0 Å². The molecule has 0 aliphatic carbocycles. The number of amides is 1. The highest BCUT2D eigenvalue weighted by Gasteiger charge is 2.09. The molecule has 2 aromatic heterocycles. The summed E-state index contributed by atoms with van der Waals surface area (Å²) in [5.41, 5.74) is 1.81. The Morgan fingerprint density at radius 1 is 1.64 bits per heavy atom. The first kappa shape index (κ1) is 8.63. The van der Waals surface area contributed by atoms with Gasteiger partial charge in [-0.25, -0.2) is 14.9 Å². The highest BCUT2D eigenvalue weighted by Crippen LogP contribution is 2.02. The molecule has 2 N–H and O–H groups in total. The number of hydrogen-bond acceptors (Lipinski definition) is 5. The maximum atomic E-state index is 11.4. The number of H-pyrrole nitrogens is 1. The second-order valence-corrected chi connectivity index (χ2v) is 3.20. The van der Waals surface area contributed by atoms with Crippen molar-refractivity contribution >= 4 is 17.2 Å². The van der Waals surface area contributed by atoms with Gasteiger partial charge in [0.1, 0.15) is 6.33 Å². The van der Waals surface area contributed by atoms with Crippen molar-refractivity contribution in [2.75, 3.05) is 5.43 Å². The Morgan fingerprint density at radius 2 is 2.50 bits per heavy atom. The lowest BCUT2D eigenvalue weighted by Gasteiger charge is -1.99. The average Bonchev–Trinajstić information content (AvgIpc) is 2.77. The van der Waals surface area contributed by atoms with Crippen LogP contribution in [0.4, 0.5) is 0 Å². The van der Waals surface area contributed by atoms with Crippen LogP contribution >= 0.6 is 11.3 Å². The number of carbonyl (C=O) groups is 1. The molecule has 0 saturated heterocycles. The van der Waals surface area contributed by atoms with Crippen molar-refractivity contribution in [3.8, 4) is 0 Å². The molecular formula is C6H5N5O2S. The Balaban J connectivity index is 2.17. The molecule has 2 aromatic rings. The molecule has 0 spiro atoms. The van der Waals surface area contributed by atoms with Gasteiger partial charge in [0.15, 0.2) is 5.01 Å². The molecule has 2 heterocycles. The van der Waals surface area contributed by atoms with Gasteiger partial charge in [-0.05, 0) is 0 Å². The standard InChI is InChI=1S/C6H5N5O2S/c12-4(5-7-1-2-14-5)10-11-3-8-9-6(11)13/h1-3H,(H,9,13)(H,10,12). The molecule has 0 bridgehead atoms. The maximum absolute atomic E-state index is 11.4. The van der Waals surface area contributed by atoms with Crippen LogP contribution in [0, 0.1) is 0 Å². The molecule has 0 fully saturated rings. The van der Waals surface area contributed by atoms with E-state index in [0.717, 1.165) is 4.68 Å². The zero-order valence-electron chi connectivity index (χ0n) is 6.80. The third-order valence-corrected chi connectivity index (χ3v) is 2.17. The fraction of sp³-hybridized carbons (Fsp3) is 0. The summed E-state index contributed by atoms with van der Waals surface area (Å²) in [5, 5.41) is 7.56. The smallest absolute Gasteiger partial charge is 0.265 e. The van der Waals surface area contributed by atoms with Crippen LogP contribution in [0.1, 0.15) is 9.80 Å². The van der Waals surface area contributed by atoms with Crippen LogP contribution in [0.25, 0.3) is 0 Å². The molecule has 7 nitrogen and oxygen atoms in total. The number of hydrogen-bond donors (Lipinski definition) is 2. The fourth-order valence-electron chi connectivity index (χ4n) is 0.821. The van der Waals surface area contributed by atoms with Gasteiger partial charge in [0.05, 0.1) is 0 Å². The molecule has 1 amide bonds. The van der Waals surface area contributed by atoms with Crippen molar-refractivity contribution in [2.45, 2.75) is 0 Å². The van der Waals surface area contributed by atoms with E-state index in [9.17, 15) is 9.59 Å². The topological polar surface area (TPSA) is 92.7 Å². The number of rotatable bonds is 2. The van der Waals surface area contributed by atoms with Crippen LogP contribution in [0.5, 0.6) is 0 Å². The Morgan fingerprint density at radius 3 is 3.07 bits per heavy atom. The van der Waals surface area contributed by atoms with Gasteiger partial charge in [-0.2, -0.15) is 9.77 Å². The fourth-order valence-corrected chi connectivity index (χ4v) is 1.35. The normalized spacial score (nSPS) is 10.0. The number of thiazole rings is 1. The van der Waals surface area contributed by atoms with Crippen LogP contribution in [-0.2, 0) is 0 Å². The van der Waals surface area contributed by atoms with Crippen LogP contribution in [-0.4, -0.2) is 25.8 Å². The molecule has 0 radical (unpaired) electrons. The molecule has 0 saturated carbocycles. The molecule has 8 heteroatoms. The summed E-state index contributed by atoms with van der Waals surface area (Å²) >= 11 is 1.19. The van der Waals surface area contributed by atoms with Crippen LogP contribution in [0.3, 0.4) is 0 Å². The van der Waals surface area contributed by atoms with E-state index in [1.807, 2.05) is 0 Å². The molecular weight excluding hydrogens is 206 g/mol. The van der Waals surface area contributed by atoms with E-state index in [4.69, 9.17) is 0 Å². The average molecular weight is 211 g/mol. The summed E-state index contributed by atoms with van der Waals surface area (Å²) in [6.07, 6.45) is 2.69. The summed E-state index contributed by atoms with van der Waals surface area (Å²) in [6.45, 7) is 0. The predicted octanol–water partition coefficient (Wildman–Crippen LogP) is -0.588. The maximum Gasteiger partial charge on any atom is 0.362 e. The molecule has 0 unspecified atom stereocenters. The van der Waals surface area contributed by atoms with Crippen molar-refractivity contribution < 1.29 is 4.79 Å². The number of aromatic nitrogens is 4. The zero-order valence-corrected chi connectivity index (χ0v) is 7.61. The van der Waals surface area contributed by atoms with Gasteiger partial charge in [-0.3, -0.25) is 10.2 Å². The first-order chi connectivity index (χ1) is 6.77. The predicted molar refractivity (Wildman–Crippen MR) is 48.7 cm³/mol. The first-order valence-electron chi connectivity index (χ1n) is 3.60. The number of nitrogens with zero attached hydrogens (tertiary/aromatic N) is 3. The van der Waals surface area contributed by atoms with Crippen LogP contribution < -0.4 is 11.1 Å². The highest BCUT2D eigenvalue weighted by molar-refractivity contribution is 7.11. The Kier molecular flexibility index (Phi) is 2.11. The molecule has 14 heavy (non-hydrogen) atoms. The van der Waals surface area contributed by atoms with Crippen molar-refractivity contribution in [2.24, 2.45) is 0 Å². The minimum absolute atomic E-state index is 0.290. The summed E-state index contributed by atoms with van der Waals surface area (Å²) < 4.78 is 0.948. The van der Waals surface area contributed by atoms with Gasteiger partial charge in [0.25, 0.3) is 5.91 Å². The molecule has 0 atom stereocenters. The third-order valence-electron chi connectivity index (χ3n) is 1.40. The van der Waals surface area contributed by atoms with Crippen molar-refractivity contribution in [3.05, 3.63) is 33.4 Å². The van der Waals surface area contributed by atoms with Gasteiger partial charge >= 0.3 is 5.69 Å². The van der Waals surface area contributed by atoms with Gasteiger partial charge in [0.2, 0.25) is 0 Å². The summed E-state index contributed by atoms with van der Waals surface area (Å²) in [6, 6.07) is 0. The van der Waals surface area contributed by atoms with E-state index in [0.29, 0.717) is 0 Å². The van der Waals surface area contributed by atoms with Crippen LogP contribution in [0.15, 0.2) is 22.7 Å². The van der Waals surface area contributed by atoms with E-state index in [1.54, 1.807) is 5.38 Å². The second-order valence-electron chi connectivity index (χ2n) is 2.31. The second kappa shape index (κ2) is 3.42. The summed E-state index contributed by atoms with van der Waals surface area (Å²) in [4.78, 5) is 26.1. The lowest BCUT2D eigenvalue weighted by Crippen LogP contribution is -2.30. The lowest BCUT2D eigenvalue weighted by atomic mass is 10.7. The summed E-state index contributed by atoms with van der Waals surface area (Å²) in [7, 11) is 0. The van der Waals surface area contributed by atoms with E-state index in [2.05, 4.69) is 20.6 Å². The van der Waals surface area contributed by atoms with Gasteiger partial charge in [0, 0.05) is 11.6 Å². The van der Waals surface area contributed by atoms with Gasteiger partial charge < -0.3 is 0 Å².